The Labute approximate surface area is 132 Å². The van der Waals surface area contributed by atoms with Gasteiger partial charge in [0.15, 0.2) is 0 Å². The van der Waals surface area contributed by atoms with Crippen LogP contribution in [0.25, 0.3) is 0 Å². The molecule has 1 amide bonds. The van der Waals surface area contributed by atoms with Crippen molar-refractivity contribution in [3.8, 4) is 0 Å². The Balaban J connectivity index is 1.81. The summed E-state index contributed by atoms with van der Waals surface area (Å²) in [5.74, 6) is -0.960. The minimum Gasteiger partial charge on any atom is -0.469 e. The molecule has 2 bridgehead atoms. The van der Waals surface area contributed by atoms with Gasteiger partial charge in [0.1, 0.15) is 5.69 Å². The number of carbonyl (C=O) groups is 2. The zero-order chi connectivity index (χ0) is 16.7. The van der Waals surface area contributed by atoms with E-state index in [0.29, 0.717) is 0 Å². The third kappa shape index (κ3) is 2.60. The maximum absolute atomic E-state index is 13.1. The molecule has 2 fully saturated rings. The van der Waals surface area contributed by atoms with Crippen LogP contribution >= 0.6 is 0 Å². The lowest BCUT2D eigenvalue weighted by Gasteiger charge is -2.29. The largest absolute Gasteiger partial charge is 0.469 e. The van der Waals surface area contributed by atoms with Crippen molar-refractivity contribution < 1.29 is 23.1 Å². The highest BCUT2D eigenvalue weighted by Crippen LogP contribution is 2.49. The number of aromatic nitrogens is 2. The topological polar surface area (TPSA) is 73.2 Å². The number of ether oxygens (including phenoxy) is 1. The molecule has 2 aliphatic rings. The monoisotopic (exact) mass is 327 g/mol. The van der Waals surface area contributed by atoms with Crippen LogP contribution in [0.5, 0.6) is 0 Å². The predicted molar refractivity (Wildman–Crippen MR) is 75.8 cm³/mol. The number of aryl methyl sites for hydroxylation is 1. The van der Waals surface area contributed by atoms with E-state index < -0.39 is 23.9 Å². The fourth-order valence-electron chi connectivity index (χ4n) is 4.08. The number of nitrogens with one attached hydrogen (secondary N) is 1. The fourth-order valence-corrected chi connectivity index (χ4v) is 4.08. The number of esters is 1. The smallest absolute Gasteiger partial charge is 0.311 e. The molecule has 4 atom stereocenters. The minimum atomic E-state index is -2.79. The summed E-state index contributed by atoms with van der Waals surface area (Å²) >= 11 is 0. The van der Waals surface area contributed by atoms with E-state index in [1.165, 1.54) is 14.2 Å². The van der Waals surface area contributed by atoms with Crippen molar-refractivity contribution in [3.05, 3.63) is 17.5 Å². The Kier molecular flexibility index (Phi) is 4.08. The van der Waals surface area contributed by atoms with Crippen molar-refractivity contribution >= 4 is 11.9 Å². The van der Waals surface area contributed by atoms with Crippen molar-refractivity contribution in [3.63, 3.8) is 0 Å². The molecule has 0 aliphatic heterocycles. The summed E-state index contributed by atoms with van der Waals surface area (Å²) in [5, 5.41) is 6.51. The third-order valence-electron chi connectivity index (χ3n) is 5.12. The van der Waals surface area contributed by atoms with E-state index in [4.69, 9.17) is 4.74 Å². The standard InChI is InChI=1S/C15H19F2N3O3/c1-20-12(13(16)17)9(6-18-20)14(21)19-11-8-4-3-7(5-8)10(11)15(22)23-2/h6-8,10-11,13H,3-5H2,1-2H3,(H,19,21)/t7-,8-,10+,11-/m0/s1. The fraction of sp³-hybridized carbons (Fsp3) is 0.667. The number of rotatable bonds is 4. The molecular weight excluding hydrogens is 308 g/mol. The van der Waals surface area contributed by atoms with Crippen molar-refractivity contribution in [1.29, 1.82) is 0 Å². The van der Waals surface area contributed by atoms with Crippen LogP contribution in [0.4, 0.5) is 8.78 Å². The van der Waals surface area contributed by atoms with E-state index in [9.17, 15) is 18.4 Å². The van der Waals surface area contributed by atoms with Crippen molar-refractivity contribution in [2.45, 2.75) is 31.7 Å². The SMILES string of the molecule is COC(=O)[C@@H]1[C@H]2CC[C@@H](C2)[C@@H]1NC(=O)c1cnn(C)c1C(F)F. The van der Waals surface area contributed by atoms with E-state index in [2.05, 4.69) is 10.4 Å². The first-order chi connectivity index (χ1) is 10.9. The molecule has 1 heterocycles. The zero-order valence-electron chi connectivity index (χ0n) is 13.0. The highest BCUT2D eigenvalue weighted by atomic mass is 19.3. The third-order valence-corrected chi connectivity index (χ3v) is 5.12. The van der Waals surface area contributed by atoms with Gasteiger partial charge in [-0.2, -0.15) is 5.10 Å². The highest BCUT2D eigenvalue weighted by molar-refractivity contribution is 5.95. The first-order valence-corrected chi connectivity index (χ1v) is 7.62. The summed E-state index contributed by atoms with van der Waals surface area (Å²) in [6.45, 7) is 0. The van der Waals surface area contributed by atoms with Gasteiger partial charge in [0.05, 0.1) is 24.8 Å². The first kappa shape index (κ1) is 15.9. The van der Waals surface area contributed by atoms with Crippen LogP contribution in [-0.2, 0) is 16.6 Å². The van der Waals surface area contributed by atoms with Crippen molar-refractivity contribution in [2.75, 3.05) is 7.11 Å². The van der Waals surface area contributed by atoms with Crippen molar-refractivity contribution in [2.24, 2.45) is 24.8 Å². The average molecular weight is 327 g/mol. The molecule has 0 radical (unpaired) electrons. The highest BCUT2D eigenvalue weighted by Gasteiger charge is 2.52. The van der Waals surface area contributed by atoms with Gasteiger partial charge in [0.2, 0.25) is 0 Å². The Morgan fingerprint density at radius 1 is 1.39 bits per heavy atom. The molecule has 1 N–H and O–H groups in total. The maximum Gasteiger partial charge on any atom is 0.311 e. The van der Waals surface area contributed by atoms with Crippen molar-refractivity contribution in [1.82, 2.24) is 15.1 Å². The van der Waals surface area contributed by atoms with E-state index in [1.54, 1.807) is 0 Å². The summed E-state index contributed by atoms with van der Waals surface area (Å²) in [6, 6.07) is -0.362. The van der Waals surface area contributed by atoms with Crippen LogP contribution in [0.1, 0.15) is 41.7 Å². The van der Waals surface area contributed by atoms with Gasteiger partial charge < -0.3 is 10.1 Å². The zero-order valence-corrected chi connectivity index (χ0v) is 13.0. The molecule has 0 aromatic carbocycles. The van der Waals surface area contributed by atoms with Gasteiger partial charge >= 0.3 is 5.97 Å². The predicted octanol–water partition coefficient (Wildman–Crippen LogP) is 1.68. The maximum atomic E-state index is 13.1. The number of hydrogen-bond acceptors (Lipinski definition) is 4. The quantitative estimate of drug-likeness (QED) is 0.854. The number of fused-ring (bicyclic) bond motifs is 2. The average Bonchev–Trinajstić information content (AvgIpc) is 3.20. The van der Waals surface area contributed by atoms with Crippen LogP contribution in [0.2, 0.25) is 0 Å². The Bertz CT molecular complexity index is 631. The summed E-state index contributed by atoms with van der Waals surface area (Å²) in [4.78, 5) is 24.4. The molecule has 1 aromatic rings. The second kappa shape index (κ2) is 5.90. The van der Waals surface area contributed by atoms with Gasteiger partial charge in [-0.25, -0.2) is 8.78 Å². The molecule has 0 spiro atoms. The normalized spacial score (nSPS) is 29.1. The second-order valence-corrected chi connectivity index (χ2v) is 6.25. The Morgan fingerprint density at radius 3 is 2.74 bits per heavy atom. The van der Waals surface area contributed by atoms with Crippen LogP contribution in [0, 0.1) is 17.8 Å². The number of amides is 1. The summed E-state index contributed by atoms with van der Waals surface area (Å²) in [7, 11) is 2.69. The van der Waals surface area contributed by atoms with Gasteiger partial charge in [0, 0.05) is 13.1 Å². The van der Waals surface area contributed by atoms with E-state index in [-0.39, 0.29) is 29.4 Å². The number of carbonyl (C=O) groups excluding carboxylic acids is 2. The lowest BCUT2D eigenvalue weighted by Crippen LogP contribution is -2.47. The Morgan fingerprint density at radius 2 is 2.09 bits per heavy atom. The molecule has 0 unspecified atom stereocenters. The van der Waals surface area contributed by atoms with Gasteiger partial charge in [-0.15, -0.1) is 0 Å². The van der Waals surface area contributed by atoms with Gasteiger partial charge in [-0.05, 0) is 31.1 Å². The van der Waals surface area contributed by atoms with Crippen LogP contribution < -0.4 is 5.32 Å². The van der Waals surface area contributed by atoms with Gasteiger partial charge in [-0.1, -0.05) is 0 Å². The molecule has 2 saturated carbocycles. The molecule has 1 aromatic heterocycles. The summed E-state index contributed by atoms with van der Waals surface area (Å²) < 4.78 is 32.0. The van der Waals surface area contributed by atoms with E-state index in [0.717, 1.165) is 30.1 Å². The van der Waals surface area contributed by atoms with E-state index >= 15 is 0 Å². The number of alkyl halides is 2. The molecule has 6 nitrogen and oxygen atoms in total. The number of halogens is 2. The summed E-state index contributed by atoms with van der Waals surface area (Å²) in [6.07, 6.45) is 1.07. The Hall–Kier alpha value is -1.99. The molecule has 2 aliphatic carbocycles. The van der Waals surface area contributed by atoms with E-state index in [1.807, 2.05) is 0 Å². The second-order valence-electron chi connectivity index (χ2n) is 6.25. The molecule has 8 heteroatoms. The molecule has 126 valence electrons. The molecular formula is C15H19F2N3O3. The number of methoxy groups -OCH3 is 1. The lowest BCUT2D eigenvalue weighted by atomic mass is 9.84. The van der Waals surface area contributed by atoms with Crippen LogP contribution in [0.3, 0.4) is 0 Å². The first-order valence-electron chi connectivity index (χ1n) is 7.62. The number of hydrogen-bond donors (Lipinski definition) is 1. The number of nitrogens with zero attached hydrogens (tertiary/aromatic N) is 2. The van der Waals surface area contributed by atoms with Crippen LogP contribution in [0.15, 0.2) is 6.20 Å². The summed E-state index contributed by atoms with van der Waals surface area (Å²) in [5.41, 5.74) is -0.561. The molecule has 23 heavy (non-hydrogen) atoms. The van der Waals surface area contributed by atoms with Gasteiger partial charge in [-0.3, -0.25) is 14.3 Å². The van der Waals surface area contributed by atoms with Gasteiger partial charge in [0.25, 0.3) is 12.3 Å². The van der Waals surface area contributed by atoms with Crippen LogP contribution in [-0.4, -0.2) is 34.8 Å². The molecule has 0 saturated heterocycles. The molecule has 3 rings (SSSR count). The lowest BCUT2D eigenvalue weighted by molar-refractivity contribution is -0.148. The minimum absolute atomic E-state index is 0.145.